The Balaban J connectivity index is 2.21. The summed E-state index contributed by atoms with van der Waals surface area (Å²) in [4.78, 5) is 16.0. The molecule has 0 saturated heterocycles. The minimum Gasteiger partial charge on any atom is -0.327 e. The van der Waals surface area contributed by atoms with E-state index in [4.69, 9.17) is 0 Å². The Morgan fingerprint density at radius 1 is 1.47 bits per heavy atom. The molecule has 0 unspecified atom stereocenters. The van der Waals surface area contributed by atoms with Crippen molar-refractivity contribution in [2.24, 2.45) is 0 Å². The van der Waals surface area contributed by atoms with Gasteiger partial charge in [0, 0.05) is 23.7 Å². The molecule has 1 aliphatic rings. The monoisotopic (exact) mass is 256 g/mol. The summed E-state index contributed by atoms with van der Waals surface area (Å²) in [5, 5.41) is 14.5. The Morgan fingerprint density at radius 2 is 2.32 bits per heavy atom. The predicted molar refractivity (Wildman–Crippen MR) is 67.2 cm³/mol. The van der Waals surface area contributed by atoms with Gasteiger partial charge in [-0.25, -0.2) is 0 Å². The number of allylic oxidation sites excluding steroid dienone is 2. The first-order chi connectivity index (χ1) is 9.18. The van der Waals surface area contributed by atoms with Crippen LogP contribution in [0.15, 0.2) is 35.8 Å². The van der Waals surface area contributed by atoms with Gasteiger partial charge in [-0.3, -0.25) is 9.78 Å². The smallest absolute Gasteiger partial charge is 0.248 e. The first kappa shape index (κ1) is 11.5. The first-order valence-electron chi connectivity index (χ1n) is 5.85. The lowest BCUT2D eigenvalue weighted by Crippen LogP contribution is -2.27. The third kappa shape index (κ3) is 1.79. The van der Waals surface area contributed by atoms with Gasteiger partial charge in [0.25, 0.3) is 0 Å². The SMILES string of the molecule is CC(=O)C1=C(C)Nc2nnnn2[C@@H]1c1cccnc1. The molecule has 0 saturated carbocycles. The van der Waals surface area contributed by atoms with Gasteiger partial charge in [0.15, 0.2) is 5.78 Å². The summed E-state index contributed by atoms with van der Waals surface area (Å²) in [7, 11) is 0. The lowest BCUT2D eigenvalue weighted by Gasteiger charge is -2.26. The van der Waals surface area contributed by atoms with Crippen molar-refractivity contribution in [2.45, 2.75) is 19.9 Å². The third-order valence-corrected chi connectivity index (χ3v) is 3.09. The molecule has 2 aromatic rings. The Kier molecular flexibility index (Phi) is 2.59. The van der Waals surface area contributed by atoms with Gasteiger partial charge in [-0.05, 0) is 35.9 Å². The Morgan fingerprint density at radius 3 is 3.00 bits per heavy atom. The molecule has 0 fully saturated rings. The van der Waals surface area contributed by atoms with E-state index in [2.05, 4.69) is 25.8 Å². The lowest BCUT2D eigenvalue weighted by molar-refractivity contribution is -0.114. The molecule has 0 spiro atoms. The van der Waals surface area contributed by atoms with E-state index in [9.17, 15) is 4.79 Å². The van der Waals surface area contributed by atoms with Crippen molar-refractivity contribution in [2.75, 3.05) is 5.32 Å². The van der Waals surface area contributed by atoms with Gasteiger partial charge in [-0.1, -0.05) is 11.2 Å². The van der Waals surface area contributed by atoms with E-state index in [1.54, 1.807) is 24.0 Å². The van der Waals surface area contributed by atoms with Crippen LogP contribution in [0.25, 0.3) is 0 Å². The van der Waals surface area contributed by atoms with E-state index < -0.39 is 0 Å². The Labute approximate surface area is 109 Å². The maximum atomic E-state index is 11.9. The number of hydrogen-bond acceptors (Lipinski definition) is 6. The van der Waals surface area contributed by atoms with Crippen molar-refractivity contribution in [1.29, 1.82) is 0 Å². The summed E-state index contributed by atoms with van der Waals surface area (Å²) in [6.07, 6.45) is 3.41. The van der Waals surface area contributed by atoms with Crippen LogP contribution in [-0.4, -0.2) is 31.0 Å². The maximum Gasteiger partial charge on any atom is 0.248 e. The fraction of sp³-hybridized carbons (Fsp3) is 0.250. The van der Waals surface area contributed by atoms with E-state index >= 15 is 0 Å². The number of anilines is 1. The molecular weight excluding hydrogens is 244 g/mol. The molecule has 0 aliphatic carbocycles. The minimum absolute atomic E-state index is 0.0139. The van der Waals surface area contributed by atoms with Crippen LogP contribution < -0.4 is 5.32 Å². The molecule has 1 N–H and O–H groups in total. The van der Waals surface area contributed by atoms with Crippen LogP contribution in [0.3, 0.4) is 0 Å². The van der Waals surface area contributed by atoms with Crippen LogP contribution in [0.2, 0.25) is 0 Å². The van der Waals surface area contributed by atoms with Crippen LogP contribution in [0, 0.1) is 0 Å². The third-order valence-electron chi connectivity index (χ3n) is 3.09. The number of ketones is 1. The number of fused-ring (bicyclic) bond motifs is 1. The van der Waals surface area contributed by atoms with Crippen molar-refractivity contribution in [3.8, 4) is 0 Å². The van der Waals surface area contributed by atoms with Crippen molar-refractivity contribution in [3.05, 3.63) is 41.4 Å². The van der Waals surface area contributed by atoms with Gasteiger partial charge in [0.05, 0.1) is 0 Å². The fourth-order valence-electron chi connectivity index (χ4n) is 2.31. The van der Waals surface area contributed by atoms with Crippen LogP contribution in [0.4, 0.5) is 5.95 Å². The number of carbonyl (C=O) groups is 1. The van der Waals surface area contributed by atoms with Crippen LogP contribution in [0.5, 0.6) is 0 Å². The summed E-state index contributed by atoms with van der Waals surface area (Å²) in [5.74, 6) is 0.511. The van der Waals surface area contributed by atoms with Gasteiger partial charge in [-0.15, -0.1) is 0 Å². The van der Waals surface area contributed by atoms with Crippen molar-refractivity contribution in [1.82, 2.24) is 25.2 Å². The van der Waals surface area contributed by atoms with Gasteiger partial charge in [0.2, 0.25) is 5.95 Å². The molecular formula is C12H12N6O. The van der Waals surface area contributed by atoms with Crippen molar-refractivity contribution in [3.63, 3.8) is 0 Å². The molecule has 19 heavy (non-hydrogen) atoms. The molecule has 3 heterocycles. The highest BCUT2D eigenvalue weighted by molar-refractivity contribution is 5.96. The summed E-state index contributed by atoms with van der Waals surface area (Å²) in [6, 6.07) is 3.40. The second-order valence-electron chi connectivity index (χ2n) is 4.36. The quantitative estimate of drug-likeness (QED) is 0.860. The molecule has 0 aromatic carbocycles. The molecule has 0 radical (unpaired) electrons. The molecule has 3 rings (SSSR count). The zero-order valence-corrected chi connectivity index (χ0v) is 10.5. The minimum atomic E-state index is -0.336. The Bertz CT molecular complexity index is 660. The molecule has 1 aliphatic heterocycles. The normalized spacial score (nSPS) is 17.9. The van der Waals surface area contributed by atoms with Gasteiger partial charge in [0.1, 0.15) is 6.04 Å². The summed E-state index contributed by atoms with van der Waals surface area (Å²) < 4.78 is 1.60. The number of Topliss-reactive ketones (excluding diaryl/α,β-unsaturated/α-hetero) is 1. The van der Waals surface area contributed by atoms with Crippen LogP contribution in [0.1, 0.15) is 25.5 Å². The van der Waals surface area contributed by atoms with Crippen LogP contribution >= 0.6 is 0 Å². The highest BCUT2D eigenvalue weighted by atomic mass is 16.1. The second kappa shape index (κ2) is 4.27. The predicted octanol–water partition coefficient (Wildman–Crippen LogP) is 0.946. The highest BCUT2D eigenvalue weighted by Gasteiger charge is 2.32. The lowest BCUT2D eigenvalue weighted by atomic mass is 9.94. The standard InChI is InChI=1S/C12H12N6O/c1-7-10(8(2)19)11(9-4-3-5-13-6-9)18-12(14-7)15-16-17-18/h3-6,11H,1-2H3,(H,14,15,17)/t11-/m1/s1. The van der Waals surface area contributed by atoms with Crippen LogP contribution in [-0.2, 0) is 4.79 Å². The number of rotatable bonds is 2. The average Bonchev–Trinajstić information content (AvgIpc) is 2.85. The average molecular weight is 256 g/mol. The van der Waals surface area contributed by atoms with Gasteiger partial charge >= 0.3 is 0 Å². The maximum absolute atomic E-state index is 11.9. The number of tetrazole rings is 1. The zero-order chi connectivity index (χ0) is 13.4. The molecule has 1 atom stereocenters. The van der Waals surface area contributed by atoms with E-state index in [0.717, 1.165) is 11.3 Å². The topological polar surface area (TPSA) is 85.6 Å². The highest BCUT2D eigenvalue weighted by Crippen LogP contribution is 2.33. The Hall–Kier alpha value is -2.57. The number of pyridine rings is 1. The van der Waals surface area contributed by atoms with Crippen molar-refractivity contribution >= 4 is 11.7 Å². The number of aromatic nitrogens is 5. The number of nitrogens with one attached hydrogen (secondary N) is 1. The molecule has 7 nitrogen and oxygen atoms in total. The molecule has 7 heteroatoms. The molecule has 96 valence electrons. The van der Waals surface area contributed by atoms with E-state index in [-0.39, 0.29) is 11.8 Å². The second-order valence-corrected chi connectivity index (χ2v) is 4.36. The largest absolute Gasteiger partial charge is 0.327 e. The fourth-order valence-corrected chi connectivity index (χ4v) is 2.31. The number of carbonyl (C=O) groups excluding carboxylic acids is 1. The number of hydrogen-bond donors (Lipinski definition) is 1. The van der Waals surface area contributed by atoms with Gasteiger partial charge < -0.3 is 5.32 Å². The summed E-state index contributed by atoms with van der Waals surface area (Å²) in [6.45, 7) is 3.39. The summed E-state index contributed by atoms with van der Waals surface area (Å²) in [5.41, 5.74) is 2.29. The molecule has 0 amide bonds. The van der Waals surface area contributed by atoms with Gasteiger partial charge in [-0.2, -0.15) is 4.68 Å². The molecule has 0 bridgehead atoms. The van der Waals surface area contributed by atoms with E-state index in [1.165, 1.54) is 0 Å². The molecule has 2 aromatic heterocycles. The summed E-state index contributed by atoms with van der Waals surface area (Å²) >= 11 is 0. The number of nitrogens with zero attached hydrogens (tertiary/aromatic N) is 5. The van der Waals surface area contributed by atoms with E-state index in [0.29, 0.717) is 11.5 Å². The first-order valence-corrected chi connectivity index (χ1v) is 5.85. The van der Waals surface area contributed by atoms with Crippen molar-refractivity contribution < 1.29 is 4.79 Å². The zero-order valence-electron chi connectivity index (χ0n) is 10.5. The van der Waals surface area contributed by atoms with E-state index in [1.807, 2.05) is 19.1 Å².